The van der Waals surface area contributed by atoms with Crippen molar-refractivity contribution < 1.29 is 9.50 Å². The molecule has 130 valence electrons. The highest BCUT2D eigenvalue weighted by molar-refractivity contribution is 7.99. The van der Waals surface area contributed by atoms with E-state index in [1.807, 2.05) is 13.2 Å². The highest BCUT2D eigenvalue weighted by Gasteiger charge is 2.11. The van der Waals surface area contributed by atoms with E-state index in [0.717, 1.165) is 0 Å². The zero-order chi connectivity index (χ0) is 17.5. The number of aliphatic hydroxyl groups excluding tert-OH is 1. The number of hydrogen-bond acceptors (Lipinski definition) is 7. The van der Waals surface area contributed by atoms with E-state index in [1.165, 1.54) is 29.8 Å². The zero-order valence-corrected chi connectivity index (χ0v) is 15.6. The van der Waals surface area contributed by atoms with E-state index < -0.39 is 0 Å². The maximum absolute atomic E-state index is 13.9. The molecule has 0 aliphatic carbocycles. The van der Waals surface area contributed by atoms with Gasteiger partial charge in [-0.05, 0) is 19.1 Å². The van der Waals surface area contributed by atoms with Crippen LogP contribution in [0.4, 0.5) is 16.0 Å². The van der Waals surface area contributed by atoms with Crippen molar-refractivity contribution in [1.82, 2.24) is 9.97 Å². The maximum atomic E-state index is 13.9. The SMILES string of the molecule is CSNc1cc(N[C@H](C)CO)nc(SCc2c(F)cccc2Cl)n1. The molecule has 0 spiro atoms. The van der Waals surface area contributed by atoms with Crippen molar-refractivity contribution in [3.05, 3.63) is 40.7 Å². The van der Waals surface area contributed by atoms with E-state index in [0.29, 0.717) is 33.1 Å². The normalized spacial score (nSPS) is 12.0. The molecular weight excluding hydrogens is 371 g/mol. The van der Waals surface area contributed by atoms with Crippen LogP contribution in [0.15, 0.2) is 29.4 Å². The number of hydrogen-bond donors (Lipinski definition) is 3. The summed E-state index contributed by atoms with van der Waals surface area (Å²) >= 11 is 8.75. The fraction of sp³-hybridized carbons (Fsp3) is 0.333. The molecule has 0 radical (unpaired) electrons. The van der Waals surface area contributed by atoms with Gasteiger partial charge in [-0.2, -0.15) is 0 Å². The first kappa shape index (κ1) is 19.1. The van der Waals surface area contributed by atoms with Gasteiger partial charge in [-0.1, -0.05) is 41.4 Å². The summed E-state index contributed by atoms with van der Waals surface area (Å²) in [7, 11) is 0. The largest absolute Gasteiger partial charge is 0.394 e. The molecule has 0 aliphatic rings. The minimum absolute atomic E-state index is 0.0113. The van der Waals surface area contributed by atoms with Crippen LogP contribution in [0.3, 0.4) is 0 Å². The Morgan fingerprint density at radius 1 is 1.33 bits per heavy atom. The highest BCUT2D eigenvalue weighted by Crippen LogP contribution is 2.28. The van der Waals surface area contributed by atoms with E-state index in [1.54, 1.807) is 18.2 Å². The Hall–Kier alpha value is -1.22. The molecule has 5 nitrogen and oxygen atoms in total. The minimum Gasteiger partial charge on any atom is -0.394 e. The van der Waals surface area contributed by atoms with E-state index >= 15 is 0 Å². The fourth-order valence-corrected chi connectivity index (χ4v) is 3.34. The van der Waals surface area contributed by atoms with Gasteiger partial charge in [0, 0.05) is 34.7 Å². The van der Waals surface area contributed by atoms with Gasteiger partial charge in [-0.3, -0.25) is 0 Å². The summed E-state index contributed by atoms with van der Waals surface area (Å²) in [6.07, 6.45) is 1.89. The molecule has 1 aromatic carbocycles. The van der Waals surface area contributed by atoms with Crippen LogP contribution in [-0.2, 0) is 5.75 Å². The van der Waals surface area contributed by atoms with Crippen LogP contribution in [0.2, 0.25) is 5.02 Å². The third-order valence-electron chi connectivity index (χ3n) is 2.99. The second-order valence-electron chi connectivity index (χ2n) is 4.94. The number of nitrogens with zero attached hydrogens (tertiary/aromatic N) is 2. The lowest BCUT2D eigenvalue weighted by Crippen LogP contribution is -2.20. The summed E-state index contributed by atoms with van der Waals surface area (Å²) in [4.78, 5) is 8.78. The number of nitrogens with one attached hydrogen (secondary N) is 2. The second-order valence-corrected chi connectivity index (χ2v) is 6.91. The first-order valence-corrected chi connectivity index (χ1v) is 9.73. The van der Waals surface area contributed by atoms with E-state index in [2.05, 4.69) is 20.0 Å². The molecule has 0 bridgehead atoms. The summed E-state index contributed by atoms with van der Waals surface area (Å²) in [6, 6.07) is 6.22. The third-order valence-corrected chi connectivity index (χ3v) is 4.63. The molecule has 0 saturated carbocycles. The number of thioether (sulfide) groups is 1. The molecule has 1 heterocycles. The van der Waals surface area contributed by atoms with Gasteiger partial charge in [0.15, 0.2) is 5.16 Å². The van der Waals surface area contributed by atoms with E-state index in [-0.39, 0.29) is 18.5 Å². The number of rotatable bonds is 8. The molecule has 0 amide bonds. The van der Waals surface area contributed by atoms with Crippen LogP contribution in [-0.4, -0.2) is 34.0 Å². The molecule has 0 aliphatic heterocycles. The smallest absolute Gasteiger partial charge is 0.191 e. The van der Waals surface area contributed by atoms with Crippen molar-refractivity contribution in [3.63, 3.8) is 0 Å². The van der Waals surface area contributed by atoms with Gasteiger partial charge in [0.25, 0.3) is 0 Å². The third kappa shape index (κ3) is 5.41. The molecule has 24 heavy (non-hydrogen) atoms. The van der Waals surface area contributed by atoms with E-state index in [9.17, 15) is 4.39 Å². The van der Waals surface area contributed by atoms with Crippen molar-refractivity contribution in [2.24, 2.45) is 0 Å². The van der Waals surface area contributed by atoms with Gasteiger partial charge in [-0.15, -0.1) is 0 Å². The molecule has 0 saturated heterocycles. The van der Waals surface area contributed by atoms with Crippen molar-refractivity contribution in [1.29, 1.82) is 0 Å². The Kier molecular flexibility index (Phi) is 7.41. The first-order chi connectivity index (χ1) is 11.5. The van der Waals surface area contributed by atoms with Crippen molar-refractivity contribution in [2.45, 2.75) is 23.9 Å². The Balaban J connectivity index is 2.18. The molecule has 1 aromatic heterocycles. The number of aromatic nitrogens is 2. The summed E-state index contributed by atoms with van der Waals surface area (Å²) < 4.78 is 16.9. The first-order valence-electron chi connectivity index (χ1n) is 7.14. The topological polar surface area (TPSA) is 70.1 Å². The van der Waals surface area contributed by atoms with Crippen LogP contribution >= 0.6 is 35.3 Å². The van der Waals surface area contributed by atoms with Crippen molar-refractivity contribution in [3.8, 4) is 0 Å². The van der Waals surface area contributed by atoms with Crippen LogP contribution in [0.5, 0.6) is 0 Å². The zero-order valence-electron chi connectivity index (χ0n) is 13.2. The number of halogens is 2. The van der Waals surface area contributed by atoms with Gasteiger partial charge in [-0.25, -0.2) is 14.4 Å². The second kappa shape index (κ2) is 9.31. The minimum atomic E-state index is -0.347. The van der Waals surface area contributed by atoms with Gasteiger partial charge in [0.05, 0.1) is 6.61 Å². The average Bonchev–Trinajstić information content (AvgIpc) is 2.54. The standard InChI is InChI=1S/C15H18ClFN4OS2/c1-9(7-22)18-13-6-14(21-23-2)20-15(19-13)24-8-10-11(16)4-3-5-12(10)17/h3-6,9,22H,7-8H2,1-2H3,(H2,18,19,20,21)/t9-/m1/s1. The van der Waals surface area contributed by atoms with Crippen LogP contribution < -0.4 is 10.0 Å². The maximum Gasteiger partial charge on any atom is 0.191 e. The van der Waals surface area contributed by atoms with Gasteiger partial charge < -0.3 is 15.1 Å². The quantitative estimate of drug-likeness (QED) is 0.358. The predicted molar refractivity (Wildman–Crippen MR) is 100 cm³/mol. The average molecular weight is 389 g/mol. The van der Waals surface area contributed by atoms with Crippen LogP contribution in [0.25, 0.3) is 0 Å². The summed E-state index contributed by atoms with van der Waals surface area (Å²) in [6.45, 7) is 1.83. The molecule has 1 atom stereocenters. The lowest BCUT2D eigenvalue weighted by Gasteiger charge is -2.14. The highest BCUT2D eigenvalue weighted by atomic mass is 35.5. The summed E-state index contributed by atoms with van der Waals surface area (Å²) in [5, 5.41) is 13.1. The Morgan fingerprint density at radius 2 is 2.08 bits per heavy atom. The molecule has 9 heteroatoms. The molecule has 0 fully saturated rings. The Labute approximate surface area is 153 Å². The van der Waals surface area contributed by atoms with Gasteiger partial charge in [0.2, 0.25) is 0 Å². The summed E-state index contributed by atoms with van der Waals surface area (Å²) in [5.41, 5.74) is 0.425. The fourth-order valence-electron chi connectivity index (χ4n) is 1.83. The lowest BCUT2D eigenvalue weighted by atomic mass is 10.2. The van der Waals surface area contributed by atoms with Crippen molar-refractivity contribution >= 4 is 46.9 Å². The predicted octanol–water partition coefficient (Wildman–Crippen LogP) is 4.04. The number of aliphatic hydroxyl groups is 1. The van der Waals surface area contributed by atoms with Crippen LogP contribution in [0.1, 0.15) is 12.5 Å². The number of benzene rings is 1. The summed E-state index contributed by atoms with van der Waals surface area (Å²) in [5.74, 6) is 1.20. The van der Waals surface area contributed by atoms with Gasteiger partial charge >= 0.3 is 0 Å². The Morgan fingerprint density at radius 3 is 2.75 bits per heavy atom. The van der Waals surface area contributed by atoms with Crippen molar-refractivity contribution in [2.75, 3.05) is 22.9 Å². The molecule has 2 rings (SSSR count). The lowest BCUT2D eigenvalue weighted by molar-refractivity contribution is 0.281. The molecular formula is C15H18ClFN4OS2. The van der Waals surface area contributed by atoms with E-state index in [4.69, 9.17) is 16.7 Å². The monoisotopic (exact) mass is 388 g/mol. The van der Waals surface area contributed by atoms with Crippen LogP contribution in [0, 0.1) is 5.82 Å². The Bertz CT molecular complexity index is 672. The number of anilines is 2. The van der Waals surface area contributed by atoms with Gasteiger partial charge in [0.1, 0.15) is 17.5 Å². The molecule has 0 unspecified atom stereocenters. The molecule has 2 aromatic rings. The molecule has 3 N–H and O–H groups in total.